The molecule has 1 aromatic heterocycles. The van der Waals surface area contributed by atoms with Crippen LogP contribution in [0.3, 0.4) is 0 Å². The van der Waals surface area contributed by atoms with Gasteiger partial charge in [0.25, 0.3) is 5.91 Å². The van der Waals surface area contributed by atoms with E-state index in [9.17, 15) is 9.59 Å². The van der Waals surface area contributed by atoms with Gasteiger partial charge in [0.2, 0.25) is 5.91 Å². The van der Waals surface area contributed by atoms with Crippen LogP contribution >= 0.6 is 22.9 Å². The molecule has 0 atom stereocenters. The number of nitrogens with zero attached hydrogens (tertiary/aromatic N) is 1. The Kier molecular flexibility index (Phi) is 5.31. The van der Waals surface area contributed by atoms with E-state index in [1.807, 2.05) is 12.1 Å². The molecule has 3 aromatic rings. The van der Waals surface area contributed by atoms with Crippen LogP contribution < -0.4 is 10.6 Å². The van der Waals surface area contributed by atoms with E-state index in [1.54, 1.807) is 24.3 Å². The highest BCUT2D eigenvalue weighted by atomic mass is 35.5. The summed E-state index contributed by atoms with van der Waals surface area (Å²) in [5, 5.41) is 6.37. The van der Waals surface area contributed by atoms with E-state index in [0.29, 0.717) is 15.7 Å². The zero-order chi connectivity index (χ0) is 17.8. The van der Waals surface area contributed by atoms with Gasteiger partial charge in [-0.3, -0.25) is 9.59 Å². The van der Waals surface area contributed by atoms with Crippen LogP contribution in [-0.4, -0.2) is 23.3 Å². The van der Waals surface area contributed by atoms with Gasteiger partial charge in [-0.1, -0.05) is 35.9 Å². The number of aryl methyl sites for hydroxylation is 1. The predicted octanol–water partition coefficient (Wildman–Crippen LogP) is 3.88. The molecular weight excluding hydrogens is 358 g/mol. The number of halogens is 1. The standard InChI is InChI=1S/C18H16ClN3O2S/c1-2-11-3-8-14-15(9-11)25-18(21-14)22-16(23)10-20-17(24)12-4-6-13(19)7-5-12/h3-9H,2,10H2,1H3,(H,20,24)(H,21,22,23). The molecule has 0 aliphatic heterocycles. The summed E-state index contributed by atoms with van der Waals surface area (Å²) in [6, 6.07) is 12.5. The Morgan fingerprint density at radius 3 is 2.64 bits per heavy atom. The van der Waals surface area contributed by atoms with Gasteiger partial charge in [0.15, 0.2) is 5.13 Å². The third kappa shape index (κ3) is 4.35. The normalized spacial score (nSPS) is 10.6. The van der Waals surface area contributed by atoms with Gasteiger partial charge in [0.1, 0.15) is 0 Å². The molecular formula is C18H16ClN3O2S. The van der Waals surface area contributed by atoms with E-state index in [1.165, 1.54) is 16.9 Å². The van der Waals surface area contributed by atoms with Gasteiger partial charge in [0.05, 0.1) is 16.8 Å². The first-order valence-electron chi connectivity index (χ1n) is 7.78. The number of amides is 2. The van der Waals surface area contributed by atoms with Crippen LogP contribution in [0.2, 0.25) is 5.02 Å². The molecule has 0 spiro atoms. The zero-order valence-electron chi connectivity index (χ0n) is 13.5. The molecule has 7 heteroatoms. The minimum atomic E-state index is -0.330. The Labute approximate surface area is 154 Å². The van der Waals surface area contributed by atoms with Crippen LogP contribution in [0.1, 0.15) is 22.8 Å². The van der Waals surface area contributed by atoms with E-state index < -0.39 is 0 Å². The highest BCUT2D eigenvalue weighted by Crippen LogP contribution is 2.26. The maximum atomic E-state index is 12.0. The second kappa shape index (κ2) is 7.63. The van der Waals surface area contributed by atoms with Crippen molar-refractivity contribution in [3.05, 3.63) is 58.6 Å². The van der Waals surface area contributed by atoms with Crippen LogP contribution in [-0.2, 0) is 11.2 Å². The third-order valence-corrected chi connectivity index (χ3v) is 4.81. The van der Waals surface area contributed by atoms with Crippen LogP contribution in [0.25, 0.3) is 10.2 Å². The lowest BCUT2D eigenvalue weighted by atomic mass is 10.2. The van der Waals surface area contributed by atoms with Crippen molar-refractivity contribution in [3.63, 3.8) is 0 Å². The molecule has 25 heavy (non-hydrogen) atoms. The zero-order valence-corrected chi connectivity index (χ0v) is 15.1. The van der Waals surface area contributed by atoms with Crippen molar-refractivity contribution in [2.75, 3.05) is 11.9 Å². The van der Waals surface area contributed by atoms with E-state index in [2.05, 4.69) is 28.6 Å². The Bertz CT molecular complexity index is 922. The number of rotatable bonds is 5. The van der Waals surface area contributed by atoms with Crippen molar-refractivity contribution in [2.45, 2.75) is 13.3 Å². The molecule has 0 unspecified atom stereocenters. The van der Waals surface area contributed by atoms with Crippen LogP contribution in [0, 0.1) is 0 Å². The topological polar surface area (TPSA) is 71.1 Å². The number of benzene rings is 2. The lowest BCUT2D eigenvalue weighted by Gasteiger charge is -2.05. The van der Waals surface area contributed by atoms with Gasteiger partial charge < -0.3 is 10.6 Å². The molecule has 0 aliphatic rings. The van der Waals surface area contributed by atoms with Gasteiger partial charge in [-0.2, -0.15) is 0 Å². The minimum absolute atomic E-state index is 0.127. The molecule has 2 N–H and O–H groups in total. The molecule has 0 saturated heterocycles. The highest BCUT2D eigenvalue weighted by molar-refractivity contribution is 7.22. The summed E-state index contributed by atoms with van der Waals surface area (Å²) in [6.45, 7) is 1.96. The lowest BCUT2D eigenvalue weighted by Crippen LogP contribution is -2.32. The van der Waals surface area contributed by atoms with Gasteiger partial charge in [-0.25, -0.2) is 4.98 Å². The smallest absolute Gasteiger partial charge is 0.251 e. The molecule has 0 fully saturated rings. The third-order valence-electron chi connectivity index (χ3n) is 3.62. The number of hydrogen-bond donors (Lipinski definition) is 2. The number of carbonyl (C=O) groups is 2. The summed E-state index contributed by atoms with van der Waals surface area (Å²) in [5.74, 6) is -0.652. The number of carbonyl (C=O) groups excluding carboxylic acids is 2. The average Bonchev–Trinajstić information content (AvgIpc) is 3.01. The Hall–Kier alpha value is -2.44. The summed E-state index contributed by atoms with van der Waals surface area (Å²) in [4.78, 5) is 28.4. The fraction of sp³-hybridized carbons (Fsp3) is 0.167. The van der Waals surface area contributed by atoms with Crippen molar-refractivity contribution in [3.8, 4) is 0 Å². The van der Waals surface area contributed by atoms with E-state index >= 15 is 0 Å². The van der Waals surface area contributed by atoms with Crippen molar-refractivity contribution in [1.29, 1.82) is 0 Å². The summed E-state index contributed by atoms with van der Waals surface area (Å²) in [5.41, 5.74) is 2.52. The maximum Gasteiger partial charge on any atom is 0.251 e. The van der Waals surface area contributed by atoms with E-state index in [0.717, 1.165) is 16.6 Å². The first-order chi connectivity index (χ1) is 12.0. The minimum Gasteiger partial charge on any atom is -0.343 e. The summed E-state index contributed by atoms with van der Waals surface area (Å²) >= 11 is 7.20. The number of thiazole rings is 1. The first kappa shape index (κ1) is 17.4. The fourth-order valence-corrected chi connectivity index (χ4v) is 3.34. The quantitative estimate of drug-likeness (QED) is 0.712. The summed E-state index contributed by atoms with van der Waals surface area (Å²) in [7, 11) is 0. The van der Waals surface area contributed by atoms with Gasteiger partial charge >= 0.3 is 0 Å². The summed E-state index contributed by atoms with van der Waals surface area (Å²) < 4.78 is 1.03. The first-order valence-corrected chi connectivity index (χ1v) is 8.97. The molecule has 5 nitrogen and oxygen atoms in total. The number of anilines is 1. The molecule has 2 amide bonds. The van der Waals surface area contributed by atoms with E-state index in [4.69, 9.17) is 11.6 Å². The predicted molar refractivity (Wildman–Crippen MR) is 101 cm³/mol. The monoisotopic (exact) mass is 373 g/mol. The van der Waals surface area contributed by atoms with Crippen molar-refractivity contribution < 1.29 is 9.59 Å². The van der Waals surface area contributed by atoms with Gasteiger partial charge in [-0.05, 0) is 48.4 Å². The molecule has 0 aliphatic carbocycles. The molecule has 2 aromatic carbocycles. The SMILES string of the molecule is CCc1ccc2nc(NC(=O)CNC(=O)c3ccc(Cl)cc3)sc2c1. The number of aromatic nitrogens is 1. The Balaban J connectivity index is 1.58. The Morgan fingerprint density at radius 1 is 1.16 bits per heavy atom. The second-order valence-electron chi connectivity index (χ2n) is 5.41. The van der Waals surface area contributed by atoms with Crippen molar-refractivity contribution in [1.82, 2.24) is 10.3 Å². The largest absolute Gasteiger partial charge is 0.343 e. The Morgan fingerprint density at radius 2 is 1.92 bits per heavy atom. The summed E-state index contributed by atoms with van der Waals surface area (Å²) in [6.07, 6.45) is 0.951. The van der Waals surface area contributed by atoms with Crippen molar-refractivity contribution >= 4 is 50.1 Å². The number of nitrogens with one attached hydrogen (secondary N) is 2. The molecule has 128 valence electrons. The lowest BCUT2D eigenvalue weighted by molar-refractivity contribution is -0.115. The number of hydrogen-bond acceptors (Lipinski definition) is 4. The maximum absolute atomic E-state index is 12.0. The van der Waals surface area contributed by atoms with E-state index in [-0.39, 0.29) is 18.4 Å². The molecule has 0 saturated carbocycles. The van der Waals surface area contributed by atoms with Crippen LogP contribution in [0.5, 0.6) is 0 Å². The molecule has 0 radical (unpaired) electrons. The van der Waals surface area contributed by atoms with Crippen LogP contribution in [0.4, 0.5) is 5.13 Å². The fourth-order valence-electron chi connectivity index (χ4n) is 2.27. The molecule has 1 heterocycles. The van der Waals surface area contributed by atoms with Crippen LogP contribution in [0.15, 0.2) is 42.5 Å². The van der Waals surface area contributed by atoms with Gasteiger partial charge in [-0.15, -0.1) is 0 Å². The average molecular weight is 374 g/mol. The molecule has 3 rings (SSSR count). The second-order valence-corrected chi connectivity index (χ2v) is 6.88. The highest BCUT2D eigenvalue weighted by Gasteiger charge is 2.11. The van der Waals surface area contributed by atoms with Crippen molar-refractivity contribution in [2.24, 2.45) is 0 Å². The molecule has 0 bridgehead atoms. The number of fused-ring (bicyclic) bond motifs is 1. The van der Waals surface area contributed by atoms with Gasteiger partial charge in [0, 0.05) is 10.6 Å².